The van der Waals surface area contributed by atoms with Gasteiger partial charge in [-0.25, -0.2) is 0 Å². The summed E-state index contributed by atoms with van der Waals surface area (Å²) in [5, 5.41) is 16.1. The highest BCUT2D eigenvalue weighted by molar-refractivity contribution is 6.33. The fourth-order valence-corrected chi connectivity index (χ4v) is 4.94. The zero-order chi connectivity index (χ0) is 21.0. The number of non-ortho nitro benzene ring substituents is 1. The van der Waals surface area contributed by atoms with Gasteiger partial charge in [0.25, 0.3) is 17.5 Å². The van der Waals surface area contributed by atoms with Crippen LogP contribution in [-0.2, 0) is 9.59 Å². The van der Waals surface area contributed by atoms with Crippen LogP contribution >= 0.6 is 11.6 Å². The van der Waals surface area contributed by atoms with Gasteiger partial charge in [0, 0.05) is 17.7 Å². The molecule has 6 rings (SSSR count). The number of carbonyl (C=O) groups excluding carboxylic acids is 2. The minimum atomic E-state index is -0.528. The Morgan fingerprint density at radius 1 is 1.10 bits per heavy atom. The third kappa shape index (κ3) is 2.87. The summed E-state index contributed by atoms with van der Waals surface area (Å²) >= 11 is 6.14. The molecule has 4 aliphatic rings. The van der Waals surface area contributed by atoms with Crippen molar-refractivity contribution in [2.45, 2.75) is 12.8 Å². The van der Waals surface area contributed by atoms with Crippen molar-refractivity contribution in [1.82, 2.24) is 5.01 Å². The van der Waals surface area contributed by atoms with E-state index in [1.54, 1.807) is 12.1 Å². The molecule has 0 N–H and O–H groups in total. The molecule has 1 aliphatic heterocycles. The summed E-state index contributed by atoms with van der Waals surface area (Å²) in [6.07, 6.45) is 7.29. The topological polar surface area (TPSA) is 106 Å². The first-order chi connectivity index (χ1) is 14.4. The zero-order valence-corrected chi connectivity index (χ0v) is 16.4. The number of nitro groups is 1. The number of halogens is 1. The van der Waals surface area contributed by atoms with Gasteiger partial charge in [0.1, 0.15) is 11.5 Å². The van der Waals surface area contributed by atoms with Crippen LogP contribution in [0.15, 0.2) is 52.0 Å². The fourth-order valence-electron chi connectivity index (χ4n) is 4.67. The molecule has 0 radical (unpaired) electrons. The number of imide groups is 1. The molecule has 1 saturated heterocycles. The van der Waals surface area contributed by atoms with E-state index in [-0.39, 0.29) is 46.2 Å². The van der Waals surface area contributed by atoms with Gasteiger partial charge in [-0.3, -0.25) is 19.7 Å². The zero-order valence-electron chi connectivity index (χ0n) is 15.6. The van der Waals surface area contributed by atoms with E-state index in [4.69, 9.17) is 16.0 Å². The number of allylic oxidation sites excluding steroid dienone is 2. The van der Waals surface area contributed by atoms with Crippen LogP contribution in [0, 0.1) is 33.8 Å². The molecule has 0 spiro atoms. The Morgan fingerprint density at radius 2 is 1.77 bits per heavy atom. The molecule has 1 aromatic carbocycles. The molecular formula is C21H16ClN3O5. The molecular weight excluding hydrogens is 410 g/mol. The van der Waals surface area contributed by atoms with Crippen molar-refractivity contribution in [2.75, 3.05) is 0 Å². The van der Waals surface area contributed by atoms with Gasteiger partial charge >= 0.3 is 0 Å². The van der Waals surface area contributed by atoms with Crippen LogP contribution in [-0.4, -0.2) is 28.0 Å². The molecule has 2 aromatic rings. The van der Waals surface area contributed by atoms with Crippen molar-refractivity contribution in [2.24, 2.45) is 28.8 Å². The normalized spacial score (nSPS) is 27.3. The molecule has 2 fully saturated rings. The molecule has 8 nitrogen and oxygen atoms in total. The predicted octanol–water partition coefficient (Wildman–Crippen LogP) is 4.04. The Kier molecular flexibility index (Phi) is 4.32. The summed E-state index contributed by atoms with van der Waals surface area (Å²) < 4.78 is 5.69. The number of amides is 2. The Hall–Kier alpha value is -3.26. The highest BCUT2D eigenvalue weighted by Crippen LogP contribution is 2.49. The molecule has 152 valence electrons. The summed E-state index contributed by atoms with van der Waals surface area (Å²) in [6.45, 7) is 0. The van der Waals surface area contributed by atoms with Crippen LogP contribution in [0.5, 0.6) is 0 Å². The van der Waals surface area contributed by atoms with Crippen LogP contribution in [0.2, 0.25) is 5.02 Å². The van der Waals surface area contributed by atoms with Crippen LogP contribution in [0.4, 0.5) is 5.69 Å². The first-order valence-corrected chi connectivity index (χ1v) is 9.96. The Balaban J connectivity index is 1.36. The van der Waals surface area contributed by atoms with Crippen LogP contribution < -0.4 is 0 Å². The number of rotatable bonds is 4. The number of nitrogens with zero attached hydrogens (tertiary/aromatic N) is 3. The van der Waals surface area contributed by atoms with Crippen molar-refractivity contribution in [3.8, 4) is 11.3 Å². The second kappa shape index (κ2) is 6.91. The van der Waals surface area contributed by atoms with Gasteiger partial charge in [-0.1, -0.05) is 23.8 Å². The lowest BCUT2D eigenvalue weighted by Crippen LogP contribution is -2.38. The standard InChI is InChI=1S/C21H16ClN3O5/c22-16-9-13(25(28)29)5-7-15(16)17-8-6-14(30-17)10-23-24-20(26)18-11-1-2-12(4-3-11)19(18)21(24)27/h1-2,5-12,18-19H,3-4H2/b23-10-/t11-,12-,18-,19-/m0/s1. The number of hydrogen-bond donors (Lipinski definition) is 0. The number of benzene rings is 1. The van der Waals surface area contributed by atoms with Crippen molar-refractivity contribution in [3.05, 3.63) is 63.4 Å². The van der Waals surface area contributed by atoms with E-state index in [2.05, 4.69) is 17.3 Å². The number of hydrogen-bond acceptors (Lipinski definition) is 6. The fraction of sp³-hybridized carbons (Fsp3) is 0.286. The molecule has 2 bridgehead atoms. The predicted molar refractivity (Wildman–Crippen MR) is 108 cm³/mol. The number of nitro benzene ring substituents is 1. The van der Waals surface area contributed by atoms with Crippen molar-refractivity contribution < 1.29 is 18.9 Å². The van der Waals surface area contributed by atoms with Crippen LogP contribution in [0.3, 0.4) is 0 Å². The monoisotopic (exact) mass is 425 g/mol. The van der Waals surface area contributed by atoms with E-state index in [0.717, 1.165) is 17.9 Å². The van der Waals surface area contributed by atoms with Crippen molar-refractivity contribution in [1.29, 1.82) is 0 Å². The molecule has 2 amide bonds. The van der Waals surface area contributed by atoms with Crippen LogP contribution in [0.25, 0.3) is 11.3 Å². The molecule has 0 unspecified atom stereocenters. The molecule has 9 heteroatoms. The minimum Gasteiger partial charge on any atom is -0.455 e. The number of carbonyl (C=O) groups is 2. The summed E-state index contributed by atoms with van der Waals surface area (Å²) in [5.74, 6) is -0.209. The molecule has 1 saturated carbocycles. The number of fused-ring (bicyclic) bond motifs is 1. The van der Waals surface area contributed by atoms with Gasteiger partial charge in [-0.2, -0.15) is 10.1 Å². The Labute approximate surface area is 175 Å². The van der Waals surface area contributed by atoms with Crippen LogP contribution in [0.1, 0.15) is 18.6 Å². The minimum absolute atomic E-state index is 0.108. The number of hydrazone groups is 1. The van der Waals surface area contributed by atoms with Gasteiger partial charge in [0.05, 0.1) is 28.0 Å². The van der Waals surface area contributed by atoms with Gasteiger partial charge in [0.2, 0.25) is 0 Å². The highest BCUT2D eigenvalue weighted by atomic mass is 35.5. The van der Waals surface area contributed by atoms with E-state index in [1.807, 2.05) is 0 Å². The first kappa shape index (κ1) is 18.7. The molecule has 3 aliphatic carbocycles. The lowest BCUT2D eigenvalue weighted by Gasteiger charge is -2.37. The second-order valence-electron chi connectivity index (χ2n) is 7.70. The summed E-state index contributed by atoms with van der Waals surface area (Å²) in [7, 11) is 0. The van der Waals surface area contributed by atoms with Gasteiger partial charge in [-0.05, 0) is 42.9 Å². The SMILES string of the molecule is O=C1[C@@H]2[C@@H](C(=O)N1/N=C\c1ccc(-c3ccc([N+](=O)[O-])cc3Cl)o1)[C@H]1C=C[C@H]2CC1. The van der Waals surface area contributed by atoms with Gasteiger partial charge in [0.15, 0.2) is 0 Å². The molecule has 30 heavy (non-hydrogen) atoms. The summed E-state index contributed by atoms with van der Waals surface area (Å²) in [5.41, 5.74) is 0.372. The summed E-state index contributed by atoms with van der Waals surface area (Å²) in [6, 6.07) is 7.36. The maximum Gasteiger partial charge on any atom is 0.270 e. The Morgan fingerprint density at radius 3 is 2.33 bits per heavy atom. The van der Waals surface area contributed by atoms with Crippen molar-refractivity contribution in [3.63, 3.8) is 0 Å². The number of furan rings is 1. The summed E-state index contributed by atoms with van der Waals surface area (Å²) in [4.78, 5) is 35.9. The van der Waals surface area contributed by atoms with E-state index in [1.165, 1.54) is 24.4 Å². The molecule has 2 heterocycles. The Bertz CT molecular complexity index is 1110. The quantitative estimate of drug-likeness (QED) is 0.241. The smallest absolute Gasteiger partial charge is 0.270 e. The lowest BCUT2D eigenvalue weighted by atomic mass is 9.63. The molecule has 4 atom stereocenters. The average molecular weight is 426 g/mol. The average Bonchev–Trinajstić information content (AvgIpc) is 3.31. The second-order valence-corrected chi connectivity index (χ2v) is 8.10. The van der Waals surface area contributed by atoms with E-state index < -0.39 is 4.92 Å². The van der Waals surface area contributed by atoms with E-state index >= 15 is 0 Å². The maximum atomic E-state index is 12.8. The largest absolute Gasteiger partial charge is 0.455 e. The van der Waals surface area contributed by atoms with E-state index in [9.17, 15) is 19.7 Å². The maximum absolute atomic E-state index is 12.8. The van der Waals surface area contributed by atoms with Gasteiger partial charge in [-0.15, -0.1) is 0 Å². The first-order valence-electron chi connectivity index (χ1n) is 9.58. The van der Waals surface area contributed by atoms with Gasteiger partial charge < -0.3 is 4.42 Å². The third-order valence-corrected chi connectivity index (χ3v) is 6.40. The lowest BCUT2D eigenvalue weighted by molar-refractivity contribution is -0.384. The third-order valence-electron chi connectivity index (χ3n) is 6.09. The van der Waals surface area contributed by atoms with Crippen molar-refractivity contribution >= 4 is 35.3 Å². The highest BCUT2D eigenvalue weighted by Gasteiger charge is 2.56. The molecule has 1 aromatic heterocycles. The van der Waals surface area contributed by atoms with E-state index in [0.29, 0.717) is 17.1 Å².